The average molecular weight is 294 g/mol. The standard InChI is InChI=1S/C18H18N2O2/c21-18(16-10-5-7-13-22-16)20(17-11-4-6-12-19-17)14-15-8-2-1-3-9-15/h1-4,6,8-12H,5,7,13-14H2. The van der Waals surface area contributed by atoms with Gasteiger partial charge in [-0.25, -0.2) is 4.98 Å². The quantitative estimate of drug-likeness (QED) is 0.869. The third-order valence-electron chi connectivity index (χ3n) is 3.50. The second-order valence-electron chi connectivity index (χ2n) is 5.12. The minimum absolute atomic E-state index is 0.137. The van der Waals surface area contributed by atoms with E-state index in [-0.39, 0.29) is 5.91 Å². The topological polar surface area (TPSA) is 42.4 Å². The average Bonchev–Trinajstić information content (AvgIpc) is 2.61. The summed E-state index contributed by atoms with van der Waals surface area (Å²) in [4.78, 5) is 18.8. The van der Waals surface area contributed by atoms with E-state index >= 15 is 0 Å². The summed E-state index contributed by atoms with van der Waals surface area (Å²) in [6.07, 6.45) is 5.39. The number of carbonyl (C=O) groups excluding carboxylic acids is 1. The molecule has 1 aliphatic heterocycles. The number of pyridine rings is 1. The Morgan fingerprint density at radius 1 is 1.14 bits per heavy atom. The van der Waals surface area contributed by atoms with Gasteiger partial charge in [-0.15, -0.1) is 0 Å². The Bertz CT molecular complexity index is 653. The molecule has 3 rings (SSSR count). The van der Waals surface area contributed by atoms with Crippen LogP contribution in [0.25, 0.3) is 0 Å². The third kappa shape index (κ3) is 3.34. The lowest BCUT2D eigenvalue weighted by atomic mass is 10.2. The molecule has 0 spiro atoms. The van der Waals surface area contributed by atoms with Crippen LogP contribution < -0.4 is 4.90 Å². The lowest BCUT2D eigenvalue weighted by molar-refractivity contribution is -0.118. The minimum atomic E-state index is -0.137. The molecule has 0 aliphatic carbocycles. The fourth-order valence-corrected chi connectivity index (χ4v) is 2.38. The number of hydrogen-bond acceptors (Lipinski definition) is 3. The molecule has 0 unspecified atom stereocenters. The molecule has 1 aliphatic rings. The van der Waals surface area contributed by atoms with E-state index in [0.717, 1.165) is 18.4 Å². The molecule has 1 aromatic heterocycles. The fraction of sp³-hybridized carbons (Fsp3) is 0.222. The van der Waals surface area contributed by atoms with Crippen LogP contribution in [0.5, 0.6) is 0 Å². The highest BCUT2D eigenvalue weighted by Gasteiger charge is 2.23. The first-order valence-corrected chi connectivity index (χ1v) is 7.44. The van der Waals surface area contributed by atoms with Crippen molar-refractivity contribution >= 4 is 11.7 Å². The SMILES string of the molecule is O=C(C1=CCCCO1)N(Cc1ccccc1)c1ccccn1. The second kappa shape index (κ2) is 6.89. The van der Waals surface area contributed by atoms with E-state index in [9.17, 15) is 4.79 Å². The maximum atomic E-state index is 12.8. The predicted octanol–water partition coefficient (Wildman–Crippen LogP) is 3.31. The van der Waals surface area contributed by atoms with Gasteiger partial charge in [0.2, 0.25) is 0 Å². The number of aromatic nitrogens is 1. The van der Waals surface area contributed by atoms with Crippen molar-refractivity contribution in [1.29, 1.82) is 0 Å². The van der Waals surface area contributed by atoms with Gasteiger partial charge in [-0.3, -0.25) is 9.69 Å². The van der Waals surface area contributed by atoms with Crippen LogP contribution >= 0.6 is 0 Å². The molecule has 22 heavy (non-hydrogen) atoms. The van der Waals surface area contributed by atoms with Crippen molar-refractivity contribution in [3.05, 3.63) is 72.1 Å². The molecule has 0 saturated heterocycles. The maximum Gasteiger partial charge on any atom is 0.294 e. The Balaban J connectivity index is 1.89. The molecule has 0 radical (unpaired) electrons. The largest absolute Gasteiger partial charge is 0.488 e. The van der Waals surface area contributed by atoms with Crippen molar-refractivity contribution in [2.24, 2.45) is 0 Å². The highest BCUT2D eigenvalue weighted by Crippen LogP contribution is 2.20. The van der Waals surface area contributed by atoms with Crippen LogP contribution in [-0.4, -0.2) is 17.5 Å². The molecule has 2 heterocycles. The summed E-state index contributed by atoms with van der Waals surface area (Å²) < 4.78 is 5.52. The zero-order valence-electron chi connectivity index (χ0n) is 12.3. The molecule has 2 aromatic rings. The van der Waals surface area contributed by atoms with E-state index in [0.29, 0.717) is 24.7 Å². The van der Waals surface area contributed by atoms with Crippen molar-refractivity contribution in [3.8, 4) is 0 Å². The van der Waals surface area contributed by atoms with Crippen molar-refractivity contribution in [1.82, 2.24) is 4.98 Å². The molecular weight excluding hydrogens is 276 g/mol. The number of hydrogen-bond donors (Lipinski definition) is 0. The van der Waals surface area contributed by atoms with E-state index in [1.807, 2.05) is 54.6 Å². The van der Waals surface area contributed by atoms with Crippen LogP contribution in [0.1, 0.15) is 18.4 Å². The smallest absolute Gasteiger partial charge is 0.294 e. The van der Waals surface area contributed by atoms with E-state index in [1.165, 1.54) is 0 Å². The van der Waals surface area contributed by atoms with Crippen LogP contribution in [0.2, 0.25) is 0 Å². The first-order valence-electron chi connectivity index (χ1n) is 7.44. The number of rotatable bonds is 4. The molecule has 0 atom stereocenters. The summed E-state index contributed by atoms with van der Waals surface area (Å²) in [6.45, 7) is 1.07. The van der Waals surface area contributed by atoms with Gasteiger partial charge in [-0.1, -0.05) is 36.4 Å². The van der Waals surface area contributed by atoms with Crippen molar-refractivity contribution < 1.29 is 9.53 Å². The number of benzene rings is 1. The monoisotopic (exact) mass is 294 g/mol. The molecule has 0 fully saturated rings. The van der Waals surface area contributed by atoms with Gasteiger partial charge < -0.3 is 4.74 Å². The summed E-state index contributed by atoms with van der Waals surface area (Å²) in [5, 5.41) is 0. The number of amides is 1. The Morgan fingerprint density at radius 3 is 2.64 bits per heavy atom. The number of carbonyl (C=O) groups is 1. The Hall–Kier alpha value is -2.62. The molecule has 112 valence electrons. The van der Waals surface area contributed by atoms with E-state index in [4.69, 9.17) is 4.74 Å². The predicted molar refractivity (Wildman–Crippen MR) is 85.1 cm³/mol. The molecule has 0 saturated carbocycles. The molecule has 1 aromatic carbocycles. The van der Waals surface area contributed by atoms with Crippen LogP contribution in [0.15, 0.2) is 66.6 Å². The Kier molecular flexibility index (Phi) is 4.49. The summed E-state index contributed by atoms with van der Waals surface area (Å²) in [7, 11) is 0. The highest BCUT2D eigenvalue weighted by molar-refractivity contribution is 6.03. The van der Waals surface area contributed by atoms with Crippen LogP contribution in [0.4, 0.5) is 5.82 Å². The van der Waals surface area contributed by atoms with Crippen LogP contribution in [-0.2, 0) is 16.1 Å². The third-order valence-corrected chi connectivity index (χ3v) is 3.50. The zero-order chi connectivity index (χ0) is 15.2. The van der Waals surface area contributed by atoms with Crippen LogP contribution in [0.3, 0.4) is 0 Å². The molecule has 1 amide bonds. The first kappa shape index (κ1) is 14.3. The number of nitrogens with zero attached hydrogens (tertiary/aromatic N) is 2. The first-order chi connectivity index (χ1) is 10.8. The summed E-state index contributed by atoms with van der Waals surface area (Å²) in [5.74, 6) is 0.918. The van der Waals surface area contributed by atoms with Gasteiger partial charge >= 0.3 is 0 Å². The number of allylic oxidation sites excluding steroid dienone is 1. The van der Waals surface area contributed by atoms with Gasteiger partial charge in [0.05, 0.1) is 13.2 Å². The van der Waals surface area contributed by atoms with Gasteiger partial charge in [0, 0.05) is 6.20 Å². The Labute approximate surface area is 130 Å². The lowest BCUT2D eigenvalue weighted by Crippen LogP contribution is -2.33. The van der Waals surface area contributed by atoms with E-state index in [1.54, 1.807) is 11.1 Å². The second-order valence-corrected chi connectivity index (χ2v) is 5.12. The highest BCUT2D eigenvalue weighted by atomic mass is 16.5. The summed E-state index contributed by atoms with van der Waals surface area (Å²) in [6, 6.07) is 15.4. The molecule has 4 nitrogen and oxygen atoms in total. The number of anilines is 1. The fourth-order valence-electron chi connectivity index (χ4n) is 2.38. The normalized spacial score (nSPS) is 13.9. The molecular formula is C18H18N2O2. The van der Waals surface area contributed by atoms with Gasteiger partial charge in [0.1, 0.15) is 5.82 Å². The van der Waals surface area contributed by atoms with Crippen molar-refractivity contribution in [2.75, 3.05) is 11.5 Å². The van der Waals surface area contributed by atoms with Crippen molar-refractivity contribution in [3.63, 3.8) is 0 Å². The zero-order valence-corrected chi connectivity index (χ0v) is 12.3. The van der Waals surface area contributed by atoms with Gasteiger partial charge in [-0.2, -0.15) is 0 Å². The summed E-state index contributed by atoms with van der Waals surface area (Å²) >= 11 is 0. The summed E-state index contributed by atoms with van der Waals surface area (Å²) in [5.41, 5.74) is 1.05. The maximum absolute atomic E-state index is 12.8. The van der Waals surface area contributed by atoms with Crippen LogP contribution in [0, 0.1) is 0 Å². The minimum Gasteiger partial charge on any atom is -0.488 e. The van der Waals surface area contributed by atoms with E-state index < -0.39 is 0 Å². The molecule has 0 N–H and O–H groups in total. The van der Waals surface area contributed by atoms with Crippen molar-refractivity contribution in [2.45, 2.75) is 19.4 Å². The lowest BCUT2D eigenvalue weighted by Gasteiger charge is -2.24. The van der Waals surface area contributed by atoms with E-state index in [2.05, 4.69) is 4.98 Å². The van der Waals surface area contributed by atoms with Gasteiger partial charge in [-0.05, 0) is 36.6 Å². The molecule has 0 bridgehead atoms. The van der Waals surface area contributed by atoms with Gasteiger partial charge in [0.15, 0.2) is 5.76 Å². The number of ether oxygens (including phenoxy) is 1. The van der Waals surface area contributed by atoms with Gasteiger partial charge in [0.25, 0.3) is 5.91 Å². The Morgan fingerprint density at radius 2 is 1.95 bits per heavy atom. The molecule has 4 heteroatoms.